The minimum absolute atomic E-state index is 0.309. The fourth-order valence-electron chi connectivity index (χ4n) is 2.91. The Hall–Kier alpha value is -1.84. The zero-order valence-corrected chi connectivity index (χ0v) is 10.9. The zero-order chi connectivity index (χ0) is 13.2. The molecule has 1 aliphatic rings. The Bertz CT molecular complexity index is 595. The SMILES string of the molecule is O=C(O)c1ccc2nc(C3CCCCCC3)[nH]c2c1. The van der Waals surface area contributed by atoms with E-state index in [1.807, 2.05) is 0 Å². The minimum atomic E-state index is -0.896. The van der Waals surface area contributed by atoms with Gasteiger partial charge in [0.1, 0.15) is 5.82 Å². The smallest absolute Gasteiger partial charge is 0.335 e. The molecule has 2 aromatic rings. The van der Waals surface area contributed by atoms with E-state index in [1.165, 1.54) is 38.5 Å². The molecule has 4 nitrogen and oxygen atoms in total. The largest absolute Gasteiger partial charge is 0.478 e. The highest BCUT2D eigenvalue weighted by molar-refractivity contribution is 5.92. The Morgan fingerprint density at radius 1 is 1.21 bits per heavy atom. The fourth-order valence-corrected chi connectivity index (χ4v) is 2.91. The van der Waals surface area contributed by atoms with Crippen LogP contribution < -0.4 is 0 Å². The lowest BCUT2D eigenvalue weighted by atomic mass is 10.00. The van der Waals surface area contributed by atoms with E-state index in [0.29, 0.717) is 11.5 Å². The third-order valence-corrected chi connectivity index (χ3v) is 3.99. The molecule has 2 N–H and O–H groups in total. The molecule has 3 rings (SSSR count). The number of imidazole rings is 1. The van der Waals surface area contributed by atoms with Crippen LogP contribution in [0.5, 0.6) is 0 Å². The molecule has 4 heteroatoms. The monoisotopic (exact) mass is 258 g/mol. The number of benzene rings is 1. The second kappa shape index (κ2) is 5.03. The van der Waals surface area contributed by atoms with Gasteiger partial charge in [-0.1, -0.05) is 25.7 Å². The van der Waals surface area contributed by atoms with Gasteiger partial charge < -0.3 is 10.1 Å². The van der Waals surface area contributed by atoms with Crippen LogP contribution in [0.15, 0.2) is 18.2 Å². The van der Waals surface area contributed by atoms with Crippen LogP contribution in [0.3, 0.4) is 0 Å². The number of fused-ring (bicyclic) bond motifs is 1. The highest BCUT2D eigenvalue weighted by atomic mass is 16.4. The van der Waals surface area contributed by atoms with Crippen LogP contribution >= 0.6 is 0 Å². The van der Waals surface area contributed by atoms with Crippen LogP contribution in [0.25, 0.3) is 11.0 Å². The van der Waals surface area contributed by atoms with E-state index in [4.69, 9.17) is 5.11 Å². The van der Waals surface area contributed by atoms with Gasteiger partial charge in [0, 0.05) is 5.92 Å². The van der Waals surface area contributed by atoms with Gasteiger partial charge in [0.25, 0.3) is 0 Å². The summed E-state index contributed by atoms with van der Waals surface area (Å²) in [5.74, 6) is 0.634. The standard InChI is InChI=1S/C15H18N2O2/c18-15(19)11-7-8-12-13(9-11)17-14(16-12)10-5-3-1-2-4-6-10/h7-10H,1-6H2,(H,16,17)(H,18,19). The first-order chi connectivity index (χ1) is 9.24. The molecule has 0 radical (unpaired) electrons. The molecule has 1 fully saturated rings. The third-order valence-electron chi connectivity index (χ3n) is 3.99. The number of carboxylic acid groups (broad SMARTS) is 1. The topological polar surface area (TPSA) is 66.0 Å². The summed E-state index contributed by atoms with van der Waals surface area (Å²) >= 11 is 0. The number of hydrogen-bond donors (Lipinski definition) is 2. The number of aromatic nitrogens is 2. The van der Waals surface area contributed by atoms with Crippen LogP contribution in [0, 0.1) is 0 Å². The number of nitrogens with zero attached hydrogens (tertiary/aromatic N) is 1. The van der Waals surface area contributed by atoms with Crippen molar-refractivity contribution in [3.05, 3.63) is 29.6 Å². The molecule has 100 valence electrons. The van der Waals surface area contributed by atoms with Crippen LogP contribution in [0.1, 0.15) is 60.6 Å². The van der Waals surface area contributed by atoms with Crippen LogP contribution in [-0.4, -0.2) is 21.0 Å². The maximum Gasteiger partial charge on any atom is 0.335 e. The van der Waals surface area contributed by atoms with Crippen molar-refractivity contribution in [1.82, 2.24) is 9.97 Å². The number of carboxylic acids is 1. The molecule has 1 heterocycles. The molecule has 0 atom stereocenters. The molecular weight excluding hydrogens is 240 g/mol. The number of rotatable bonds is 2. The van der Waals surface area contributed by atoms with Crippen molar-refractivity contribution >= 4 is 17.0 Å². The van der Waals surface area contributed by atoms with Gasteiger partial charge in [-0.25, -0.2) is 9.78 Å². The summed E-state index contributed by atoms with van der Waals surface area (Å²) in [6.07, 6.45) is 7.54. The maximum atomic E-state index is 11.0. The van der Waals surface area contributed by atoms with E-state index in [2.05, 4.69) is 9.97 Å². The molecule has 0 bridgehead atoms. The Labute approximate surface area is 111 Å². The average Bonchev–Trinajstić information content (AvgIpc) is 2.64. The molecule has 19 heavy (non-hydrogen) atoms. The lowest BCUT2D eigenvalue weighted by Crippen LogP contribution is -1.99. The van der Waals surface area contributed by atoms with Gasteiger partial charge in [0.2, 0.25) is 0 Å². The molecule has 0 unspecified atom stereocenters. The number of hydrogen-bond acceptors (Lipinski definition) is 2. The molecule has 0 aliphatic heterocycles. The van der Waals surface area contributed by atoms with Crippen molar-refractivity contribution in [3.8, 4) is 0 Å². The Balaban J connectivity index is 1.94. The van der Waals surface area contributed by atoms with E-state index in [9.17, 15) is 4.79 Å². The second-order valence-corrected chi connectivity index (χ2v) is 5.35. The number of aromatic amines is 1. The van der Waals surface area contributed by atoms with Crippen molar-refractivity contribution in [2.75, 3.05) is 0 Å². The number of carbonyl (C=O) groups is 1. The Kier molecular flexibility index (Phi) is 3.23. The first-order valence-electron chi connectivity index (χ1n) is 6.97. The molecule has 0 spiro atoms. The van der Waals surface area contributed by atoms with E-state index < -0.39 is 5.97 Å². The lowest BCUT2D eigenvalue weighted by molar-refractivity contribution is 0.0697. The molecule has 0 saturated heterocycles. The number of nitrogens with one attached hydrogen (secondary N) is 1. The van der Waals surface area contributed by atoms with Crippen molar-refractivity contribution in [3.63, 3.8) is 0 Å². The number of H-pyrrole nitrogens is 1. The molecule has 1 aromatic carbocycles. The summed E-state index contributed by atoms with van der Waals surface area (Å²) in [7, 11) is 0. The normalized spacial score (nSPS) is 17.5. The van der Waals surface area contributed by atoms with Crippen molar-refractivity contribution < 1.29 is 9.90 Å². The maximum absolute atomic E-state index is 11.0. The predicted octanol–water partition coefficient (Wildman–Crippen LogP) is 3.70. The highest BCUT2D eigenvalue weighted by Crippen LogP contribution is 2.31. The minimum Gasteiger partial charge on any atom is -0.478 e. The number of aromatic carboxylic acids is 1. The van der Waals surface area contributed by atoms with E-state index >= 15 is 0 Å². The van der Waals surface area contributed by atoms with Gasteiger partial charge in [-0.05, 0) is 31.0 Å². The molecule has 1 aromatic heterocycles. The highest BCUT2D eigenvalue weighted by Gasteiger charge is 2.18. The van der Waals surface area contributed by atoms with Gasteiger partial charge in [-0.3, -0.25) is 0 Å². The Morgan fingerprint density at radius 3 is 2.63 bits per heavy atom. The van der Waals surface area contributed by atoms with Gasteiger partial charge in [-0.15, -0.1) is 0 Å². The van der Waals surface area contributed by atoms with Crippen LogP contribution in [-0.2, 0) is 0 Å². The summed E-state index contributed by atoms with van der Waals surface area (Å²) in [5, 5.41) is 9.00. The molecule has 0 amide bonds. The summed E-state index contributed by atoms with van der Waals surface area (Å²) in [4.78, 5) is 18.9. The third kappa shape index (κ3) is 2.48. The lowest BCUT2D eigenvalue weighted by Gasteiger charge is -2.09. The summed E-state index contributed by atoms with van der Waals surface area (Å²) in [6, 6.07) is 5.07. The van der Waals surface area contributed by atoms with Crippen molar-refractivity contribution in [1.29, 1.82) is 0 Å². The summed E-state index contributed by atoms with van der Waals surface area (Å²) in [5.41, 5.74) is 2.01. The van der Waals surface area contributed by atoms with Gasteiger partial charge in [0.15, 0.2) is 0 Å². The van der Waals surface area contributed by atoms with Gasteiger partial charge in [0.05, 0.1) is 16.6 Å². The molecule has 1 aliphatic carbocycles. The van der Waals surface area contributed by atoms with Crippen molar-refractivity contribution in [2.24, 2.45) is 0 Å². The quantitative estimate of drug-likeness (QED) is 0.807. The van der Waals surface area contributed by atoms with Gasteiger partial charge >= 0.3 is 5.97 Å². The van der Waals surface area contributed by atoms with Crippen molar-refractivity contribution in [2.45, 2.75) is 44.4 Å². The molecule has 1 saturated carbocycles. The Morgan fingerprint density at radius 2 is 1.95 bits per heavy atom. The van der Waals surface area contributed by atoms with E-state index in [-0.39, 0.29) is 0 Å². The van der Waals surface area contributed by atoms with Gasteiger partial charge in [-0.2, -0.15) is 0 Å². The van der Waals surface area contributed by atoms with Crippen LogP contribution in [0.4, 0.5) is 0 Å². The molecular formula is C15H18N2O2. The van der Waals surface area contributed by atoms with E-state index in [0.717, 1.165) is 16.9 Å². The predicted molar refractivity (Wildman–Crippen MR) is 73.5 cm³/mol. The zero-order valence-electron chi connectivity index (χ0n) is 10.9. The average molecular weight is 258 g/mol. The fraction of sp³-hybridized carbons (Fsp3) is 0.467. The summed E-state index contributed by atoms with van der Waals surface area (Å²) in [6.45, 7) is 0. The summed E-state index contributed by atoms with van der Waals surface area (Å²) < 4.78 is 0. The van der Waals surface area contributed by atoms with E-state index in [1.54, 1.807) is 18.2 Å². The first kappa shape index (κ1) is 12.2. The van der Waals surface area contributed by atoms with Crippen LogP contribution in [0.2, 0.25) is 0 Å². The first-order valence-corrected chi connectivity index (χ1v) is 6.97. The second-order valence-electron chi connectivity index (χ2n) is 5.35.